The molecule has 0 amide bonds. The molecule has 1 aliphatic carbocycles. The van der Waals surface area contributed by atoms with E-state index in [9.17, 15) is 0 Å². The number of thiocarbonyl (C=S) groups is 1. The molecule has 0 N–H and O–H groups in total. The Labute approximate surface area is 83.8 Å². The summed E-state index contributed by atoms with van der Waals surface area (Å²) in [5.74, 6) is 0. The quantitative estimate of drug-likeness (QED) is 0.595. The maximum absolute atomic E-state index is 5.32. The summed E-state index contributed by atoms with van der Waals surface area (Å²) in [5.41, 5.74) is 2.46. The summed E-state index contributed by atoms with van der Waals surface area (Å²) >= 11 is 5.31. The number of hydrogen-bond donors (Lipinski definition) is 0. The van der Waals surface area contributed by atoms with Crippen LogP contribution in [0.5, 0.6) is 0 Å². The summed E-state index contributed by atoms with van der Waals surface area (Å²) in [4.78, 5) is 6.32. The molecule has 3 heteroatoms. The van der Waals surface area contributed by atoms with Crippen LogP contribution in [0.15, 0.2) is 23.4 Å². The highest BCUT2D eigenvalue weighted by Crippen LogP contribution is 2.33. The van der Waals surface area contributed by atoms with Gasteiger partial charge in [0, 0.05) is 11.3 Å². The zero-order valence-corrected chi connectivity index (χ0v) is 8.73. The van der Waals surface area contributed by atoms with Crippen molar-refractivity contribution in [3.05, 3.63) is 23.4 Å². The van der Waals surface area contributed by atoms with E-state index in [-0.39, 0.29) is 0 Å². The minimum atomic E-state index is 0.413. The summed E-state index contributed by atoms with van der Waals surface area (Å²) in [5, 5.41) is 1.93. The third kappa shape index (κ3) is 1.32. The first-order valence-corrected chi connectivity index (χ1v) is 4.91. The Balaban J connectivity index is 2.37. The van der Waals surface area contributed by atoms with Gasteiger partial charge in [-0.25, -0.2) is 5.06 Å². The van der Waals surface area contributed by atoms with Crippen molar-refractivity contribution in [1.82, 2.24) is 5.06 Å². The summed E-state index contributed by atoms with van der Waals surface area (Å²) in [6.07, 6.45) is 6.22. The van der Waals surface area contributed by atoms with Gasteiger partial charge in [0.15, 0.2) is 0 Å². The number of hydrogen-bond acceptors (Lipinski definition) is 3. The molecule has 1 aliphatic heterocycles. The van der Waals surface area contributed by atoms with E-state index in [1.807, 2.05) is 5.06 Å². The van der Waals surface area contributed by atoms with Crippen molar-refractivity contribution in [3.8, 4) is 0 Å². The van der Waals surface area contributed by atoms with Gasteiger partial charge in [-0.1, -0.05) is 24.4 Å². The van der Waals surface area contributed by atoms with Crippen molar-refractivity contribution >= 4 is 17.1 Å². The van der Waals surface area contributed by atoms with E-state index in [4.69, 9.17) is 17.1 Å². The minimum absolute atomic E-state index is 0.413. The number of allylic oxidation sites excluding steroid dienone is 3. The Kier molecular flexibility index (Phi) is 2.22. The second-order valence-corrected chi connectivity index (χ2v) is 3.96. The predicted octanol–water partition coefficient (Wildman–Crippen LogP) is 2.23. The van der Waals surface area contributed by atoms with Crippen molar-refractivity contribution in [3.63, 3.8) is 0 Å². The molecular weight excluding hydrogens is 182 g/mol. The Morgan fingerprint density at radius 1 is 1.62 bits per heavy atom. The molecule has 0 aromatic rings. The molecule has 1 atom stereocenters. The average Bonchev–Trinajstić information content (AvgIpc) is 2.42. The first-order valence-electron chi connectivity index (χ1n) is 4.50. The van der Waals surface area contributed by atoms with Crippen LogP contribution in [-0.4, -0.2) is 23.1 Å². The van der Waals surface area contributed by atoms with Gasteiger partial charge in [0.1, 0.15) is 0 Å². The number of hydroxylamine groups is 2. The third-order valence-corrected chi connectivity index (χ3v) is 2.88. The van der Waals surface area contributed by atoms with E-state index in [0.29, 0.717) is 6.04 Å². The lowest BCUT2D eigenvalue weighted by atomic mass is 10.0. The van der Waals surface area contributed by atoms with E-state index in [1.54, 1.807) is 7.11 Å². The average molecular weight is 195 g/mol. The molecule has 2 rings (SSSR count). The maximum Gasteiger partial charge on any atom is 0.0814 e. The lowest BCUT2D eigenvalue weighted by molar-refractivity contribution is -0.112. The zero-order chi connectivity index (χ0) is 9.42. The Morgan fingerprint density at radius 3 is 3.08 bits per heavy atom. The van der Waals surface area contributed by atoms with Crippen LogP contribution < -0.4 is 0 Å². The first-order chi connectivity index (χ1) is 6.24. The highest BCUT2D eigenvalue weighted by Gasteiger charge is 2.31. The Hall–Kier alpha value is -0.670. The maximum atomic E-state index is 5.32. The second-order valence-electron chi connectivity index (χ2n) is 3.47. The van der Waals surface area contributed by atoms with Gasteiger partial charge in [-0.05, 0) is 18.9 Å². The molecule has 0 fully saturated rings. The third-order valence-electron chi connectivity index (χ3n) is 2.52. The largest absolute Gasteiger partial charge is 0.276 e. The molecule has 0 aromatic heterocycles. The van der Waals surface area contributed by atoms with E-state index >= 15 is 0 Å². The highest BCUT2D eigenvalue weighted by atomic mass is 32.1. The van der Waals surface area contributed by atoms with E-state index in [1.165, 1.54) is 5.57 Å². The van der Waals surface area contributed by atoms with Crippen molar-refractivity contribution < 1.29 is 4.84 Å². The summed E-state index contributed by atoms with van der Waals surface area (Å²) < 4.78 is 0. The molecule has 2 aliphatic rings. The highest BCUT2D eigenvalue weighted by molar-refractivity contribution is 7.80. The zero-order valence-electron chi connectivity index (χ0n) is 7.91. The van der Waals surface area contributed by atoms with Gasteiger partial charge in [0.2, 0.25) is 0 Å². The molecule has 2 nitrogen and oxygen atoms in total. The van der Waals surface area contributed by atoms with Crippen LogP contribution in [-0.2, 0) is 4.84 Å². The van der Waals surface area contributed by atoms with Crippen LogP contribution in [0.3, 0.4) is 0 Å². The van der Waals surface area contributed by atoms with Crippen molar-refractivity contribution in [2.75, 3.05) is 7.11 Å². The van der Waals surface area contributed by atoms with Gasteiger partial charge in [-0.3, -0.25) is 4.84 Å². The van der Waals surface area contributed by atoms with Crippen LogP contribution in [0, 0.1) is 0 Å². The molecular formula is C10H13NOS. The standard InChI is InChI=1S/C10H13NOS/c1-7-6-8-4-3-5-9(13)10(8)11(7)12-2/h3-4,7H,5-6H2,1-2H3. The molecule has 0 saturated carbocycles. The lowest BCUT2D eigenvalue weighted by Crippen LogP contribution is -2.29. The second kappa shape index (κ2) is 3.24. The molecule has 0 spiro atoms. The van der Waals surface area contributed by atoms with Gasteiger partial charge >= 0.3 is 0 Å². The molecule has 0 radical (unpaired) electrons. The fourth-order valence-corrected chi connectivity index (χ4v) is 2.30. The van der Waals surface area contributed by atoms with E-state index in [0.717, 1.165) is 23.4 Å². The van der Waals surface area contributed by atoms with Crippen LogP contribution >= 0.6 is 12.2 Å². The molecule has 70 valence electrons. The summed E-state index contributed by atoms with van der Waals surface area (Å²) in [6, 6.07) is 0.413. The molecule has 0 saturated heterocycles. The molecule has 13 heavy (non-hydrogen) atoms. The SMILES string of the molecule is CON1C2=C(C=CCC2=S)CC1C. The smallest absolute Gasteiger partial charge is 0.0814 e. The monoisotopic (exact) mass is 195 g/mol. The van der Waals surface area contributed by atoms with Crippen LogP contribution in [0.2, 0.25) is 0 Å². The van der Waals surface area contributed by atoms with Crippen molar-refractivity contribution in [1.29, 1.82) is 0 Å². The fraction of sp³-hybridized carbons (Fsp3) is 0.500. The summed E-state index contributed by atoms with van der Waals surface area (Å²) in [7, 11) is 1.70. The minimum Gasteiger partial charge on any atom is -0.276 e. The molecule has 0 aromatic carbocycles. The Bertz CT molecular complexity index is 306. The van der Waals surface area contributed by atoms with Gasteiger partial charge in [-0.15, -0.1) is 0 Å². The van der Waals surface area contributed by atoms with Gasteiger partial charge in [0.05, 0.1) is 18.8 Å². The lowest BCUT2D eigenvalue weighted by Gasteiger charge is -2.25. The first kappa shape index (κ1) is 8.91. The summed E-state index contributed by atoms with van der Waals surface area (Å²) in [6.45, 7) is 2.15. The predicted molar refractivity (Wildman–Crippen MR) is 56.3 cm³/mol. The topological polar surface area (TPSA) is 12.5 Å². The fourth-order valence-electron chi connectivity index (χ4n) is 1.98. The van der Waals surface area contributed by atoms with Gasteiger partial charge in [0.25, 0.3) is 0 Å². The van der Waals surface area contributed by atoms with Gasteiger partial charge in [-0.2, -0.15) is 0 Å². The van der Waals surface area contributed by atoms with Crippen molar-refractivity contribution in [2.45, 2.75) is 25.8 Å². The van der Waals surface area contributed by atoms with E-state index in [2.05, 4.69) is 19.1 Å². The van der Waals surface area contributed by atoms with E-state index < -0.39 is 0 Å². The number of rotatable bonds is 1. The Morgan fingerprint density at radius 2 is 2.38 bits per heavy atom. The molecule has 1 heterocycles. The van der Waals surface area contributed by atoms with Gasteiger partial charge < -0.3 is 0 Å². The molecule has 1 unspecified atom stereocenters. The van der Waals surface area contributed by atoms with Crippen LogP contribution in [0.1, 0.15) is 19.8 Å². The molecule has 0 bridgehead atoms. The van der Waals surface area contributed by atoms with Crippen LogP contribution in [0.4, 0.5) is 0 Å². The van der Waals surface area contributed by atoms with Crippen LogP contribution in [0.25, 0.3) is 0 Å². The van der Waals surface area contributed by atoms with Crippen molar-refractivity contribution in [2.24, 2.45) is 0 Å². The normalized spacial score (nSPS) is 27.1. The number of nitrogens with zero attached hydrogens (tertiary/aromatic N) is 1.